The summed E-state index contributed by atoms with van der Waals surface area (Å²) in [5.41, 5.74) is 0.686. The fourth-order valence-corrected chi connectivity index (χ4v) is 0.990. The molecule has 0 aliphatic heterocycles. The van der Waals surface area contributed by atoms with Crippen molar-refractivity contribution >= 4 is 11.6 Å². The van der Waals surface area contributed by atoms with E-state index >= 15 is 0 Å². The molecule has 14 heavy (non-hydrogen) atoms. The molecule has 0 amide bonds. The summed E-state index contributed by atoms with van der Waals surface area (Å²) in [6.45, 7) is 0.414. The zero-order chi connectivity index (χ0) is 10.8. The molecule has 78 valence electrons. The van der Waals surface area contributed by atoms with E-state index < -0.39 is 12.8 Å². The highest BCUT2D eigenvalue weighted by molar-refractivity contribution is 6.31. The highest BCUT2D eigenvalue weighted by Gasteiger charge is 2.28. The lowest BCUT2D eigenvalue weighted by Crippen LogP contribution is -2.19. The molecular formula is C9H8ClF3O. The smallest absolute Gasteiger partial charge is 0.422 e. The van der Waals surface area contributed by atoms with Gasteiger partial charge in [0, 0.05) is 5.02 Å². The van der Waals surface area contributed by atoms with Gasteiger partial charge in [0.25, 0.3) is 0 Å². The Morgan fingerprint density at radius 2 is 2.00 bits per heavy atom. The van der Waals surface area contributed by atoms with Crippen LogP contribution in [0.1, 0.15) is 5.56 Å². The summed E-state index contributed by atoms with van der Waals surface area (Å²) in [5, 5.41) is 0.504. The normalized spacial score (nSPS) is 11.5. The van der Waals surface area contributed by atoms with Gasteiger partial charge < -0.3 is 4.74 Å². The van der Waals surface area contributed by atoms with Crippen molar-refractivity contribution in [3.05, 3.63) is 28.8 Å². The molecule has 0 aliphatic rings. The summed E-state index contributed by atoms with van der Waals surface area (Å²) >= 11 is 5.69. The minimum absolute atomic E-state index is 0.171. The molecule has 1 aromatic carbocycles. The molecule has 1 rings (SSSR count). The fourth-order valence-electron chi connectivity index (χ4n) is 0.872. The number of hydrogen-bond acceptors (Lipinski definition) is 1. The minimum Gasteiger partial charge on any atom is -0.484 e. The topological polar surface area (TPSA) is 9.23 Å². The van der Waals surface area contributed by atoms with E-state index in [2.05, 4.69) is 4.74 Å². The van der Waals surface area contributed by atoms with Crippen molar-refractivity contribution in [1.29, 1.82) is 0 Å². The van der Waals surface area contributed by atoms with Crippen LogP contribution in [0.5, 0.6) is 5.75 Å². The number of alkyl halides is 3. The van der Waals surface area contributed by atoms with Crippen LogP contribution in [-0.2, 0) is 0 Å². The van der Waals surface area contributed by atoms with Crippen molar-refractivity contribution in [1.82, 2.24) is 0 Å². The van der Waals surface area contributed by atoms with Gasteiger partial charge in [0.05, 0.1) is 0 Å². The second kappa shape index (κ2) is 4.09. The maximum Gasteiger partial charge on any atom is 0.422 e. The van der Waals surface area contributed by atoms with E-state index in [0.717, 1.165) is 0 Å². The highest BCUT2D eigenvalue weighted by atomic mass is 35.5. The van der Waals surface area contributed by atoms with Crippen LogP contribution in [0.3, 0.4) is 0 Å². The van der Waals surface area contributed by atoms with Crippen LogP contribution >= 0.6 is 11.6 Å². The van der Waals surface area contributed by atoms with Crippen LogP contribution in [0.4, 0.5) is 13.2 Å². The van der Waals surface area contributed by atoms with Gasteiger partial charge in [-0.3, -0.25) is 0 Å². The lowest BCUT2D eigenvalue weighted by Gasteiger charge is -2.09. The van der Waals surface area contributed by atoms with Gasteiger partial charge in [-0.2, -0.15) is 13.2 Å². The summed E-state index contributed by atoms with van der Waals surface area (Å²) < 4.78 is 39.8. The number of benzene rings is 1. The molecule has 0 aliphatic carbocycles. The van der Waals surface area contributed by atoms with E-state index in [1.807, 2.05) is 0 Å². The average molecular weight is 225 g/mol. The van der Waals surface area contributed by atoms with E-state index in [-0.39, 0.29) is 5.75 Å². The standard InChI is InChI=1S/C9H8ClF3O/c1-6-4-7(2-3-8(6)10)14-5-9(11,12)13/h2-4H,5H2,1H3. The molecule has 0 spiro atoms. The number of halogens is 4. The van der Waals surface area contributed by atoms with E-state index in [1.54, 1.807) is 6.92 Å². The van der Waals surface area contributed by atoms with E-state index in [1.165, 1.54) is 18.2 Å². The SMILES string of the molecule is Cc1cc(OCC(F)(F)F)ccc1Cl. The van der Waals surface area contributed by atoms with Crippen molar-refractivity contribution < 1.29 is 17.9 Å². The monoisotopic (exact) mass is 224 g/mol. The summed E-state index contributed by atoms with van der Waals surface area (Å²) in [4.78, 5) is 0. The Morgan fingerprint density at radius 3 is 2.50 bits per heavy atom. The second-order valence-corrected chi connectivity index (χ2v) is 3.22. The predicted molar refractivity (Wildman–Crippen MR) is 47.7 cm³/mol. The molecular weight excluding hydrogens is 217 g/mol. The van der Waals surface area contributed by atoms with Crippen LogP contribution in [0.25, 0.3) is 0 Å². The van der Waals surface area contributed by atoms with Gasteiger partial charge in [0.1, 0.15) is 5.75 Å². The molecule has 0 saturated heterocycles. The third-order valence-corrected chi connectivity index (χ3v) is 1.96. The first kappa shape index (κ1) is 11.2. The summed E-state index contributed by atoms with van der Waals surface area (Å²) in [6.07, 6.45) is -4.31. The highest BCUT2D eigenvalue weighted by Crippen LogP contribution is 2.23. The van der Waals surface area contributed by atoms with Crippen molar-refractivity contribution in [2.24, 2.45) is 0 Å². The van der Waals surface area contributed by atoms with Gasteiger partial charge in [-0.25, -0.2) is 0 Å². The number of aryl methyl sites for hydroxylation is 1. The van der Waals surface area contributed by atoms with Gasteiger partial charge in [-0.05, 0) is 30.7 Å². The van der Waals surface area contributed by atoms with Crippen LogP contribution in [0.2, 0.25) is 5.02 Å². The Bertz CT molecular complexity index is 322. The minimum atomic E-state index is -4.31. The molecule has 0 aromatic heterocycles. The summed E-state index contributed by atoms with van der Waals surface area (Å²) in [5.74, 6) is 0.171. The predicted octanol–water partition coefficient (Wildman–Crippen LogP) is 3.59. The number of rotatable bonds is 2. The zero-order valence-corrected chi connectivity index (χ0v) is 8.12. The van der Waals surface area contributed by atoms with Gasteiger partial charge in [-0.15, -0.1) is 0 Å². The quantitative estimate of drug-likeness (QED) is 0.746. The van der Waals surface area contributed by atoms with Crippen molar-refractivity contribution in [3.63, 3.8) is 0 Å². The van der Waals surface area contributed by atoms with Crippen LogP contribution in [0.15, 0.2) is 18.2 Å². The van der Waals surface area contributed by atoms with Gasteiger partial charge in [0.2, 0.25) is 0 Å². The van der Waals surface area contributed by atoms with Crippen molar-refractivity contribution in [3.8, 4) is 5.75 Å². The van der Waals surface area contributed by atoms with E-state index in [4.69, 9.17) is 11.6 Å². The first-order valence-electron chi connectivity index (χ1n) is 3.84. The van der Waals surface area contributed by atoms with Crippen LogP contribution in [-0.4, -0.2) is 12.8 Å². The lowest BCUT2D eigenvalue weighted by atomic mass is 10.2. The summed E-state index contributed by atoms with van der Waals surface area (Å²) in [6, 6.07) is 4.37. The summed E-state index contributed by atoms with van der Waals surface area (Å²) in [7, 11) is 0. The van der Waals surface area contributed by atoms with Gasteiger partial charge in [0.15, 0.2) is 6.61 Å². The molecule has 0 unspecified atom stereocenters. The Kier molecular flexibility index (Phi) is 3.26. The Labute approximate surface area is 84.4 Å². The third-order valence-electron chi connectivity index (χ3n) is 1.53. The molecule has 1 nitrogen and oxygen atoms in total. The van der Waals surface area contributed by atoms with Crippen LogP contribution in [0, 0.1) is 6.92 Å². The van der Waals surface area contributed by atoms with E-state index in [0.29, 0.717) is 10.6 Å². The molecule has 0 atom stereocenters. The fraction of sp³-hybridized carbons (Fsp3) is 0.333. The Morgan fingerprint density at radius 1 is 1.36 bits per heavy atom. The van der Waals surface area contributed by atoms with E-state index in [9.17, 15) is 13.2 Å². The van der Waals surface area contributed by atoms with Crippen LogP contribution < -0.4 is 4.74 Å². The first-order valence-corrected chi connectivity index (χ1v) is 4.22. The molecule has 0 radical (unpaired) electrons. The molecule has 5 heteroatoms. The maximum absolute atomic E-state index is 11.8. The molecule has 0 heterocycles. The lowest BCUT2D eigenvalue weighted by molar-refractivity contribution is -0.153. The molecule has 0 fully saturated rings. The zero-order valence-electron chi connectivity index (χ0n) is 7.36. The van der Waals surface area contributed by atoms with Gasteiger partial charge in [-0.1, -0.05) is 11.6 Å². The first-order chi connectivity index (χ1) is 6.38. The largest absolute Gasteiger partial charge is 0.484 e. The maximum atomic E-state index is 11.8. The Hall–Kier alpha value is -0.900. The van der Waals surface area contributed by atoms with Gasteiger partial charge >= 0.3 is 6.18 Å². The van der Waals surface area contributed by atoms with Crippen molar-refractivity contribution in [2.45, 2.75) is 13.1 Å². The number of ether oxygens (including phenoxy) is 1. The molecule has 0 N–H and O–H groups in total. The molecule has 0 bridgehead atoms. The molecule has 1 aromatic rings. The third kappa shape index (κ3) is 3.46. The molecule has 0 saturated carbocycles. The second-order valence-electron chi connectivity index (χ2n) is 2.81. The average Bonchev–Trinajstić information content (AvgIpc) is 2.06. The van der Waals surface area contributed by atoms with Crippen molar-refractivity contribution in [2.75, 3.05) is 6.61 Å². The Balaban J connectivity index is 2.65. The number of hydrogen-bond donors (Lipinski definition) is 0.